The van der Waals surface area contributed by atoms with Crippen LogP contribution in [0.2, 0.25) is 0 Å². The summed E-state index contributed by atoms with van der Waals surface area (Å²) in [4.78, 5) is 4.27. The minimum Gasteiger partial charge on any atom is -0.366 e. The third kappa shape index (κ3) is 2.66. The van der Waals surface area contributed by atoms with Crippen molar-refractivity contribution in [2.45, 2.75) is 20.4 Å². The van der Waals surface area contributed by atoms with Crippen LogP contribution < -0.4 is 5.32 Å². The SMILES string of the molecule is Cc1nn(C)c(C)c1CNc1ccc(Br)cn1. The van der Waals surface area contributed by atoms with Gasteiger partial charge in [-0.15, -0.1) is 0 Å². The summed E-state index contributed by atoms with van der Waals surface area (Å²) in [5.41, 5.74) is 3.49. The van der Waals surface area contributed by atoms with E-state index in [2.05, 4.69) is 38.3 Å². The molecule has 17 heavy (non-hydrogen) atoms. The summed E-state index contributed by atoms with van der Waals surface area (Å²) in [6, 6.07) is 3.92. The molecule has 0 aliphatic rings. The molecule has 0 aromatic carbocycles. The van der Waals surface area contributed by atoms with Crippen LogP contribution in [-0.4, -0.2) is 14.8 Å². The topological polar surface area (TPSA) is 42.7 Å². The molecule has 0 aliphatic carbocycles. The molecule has 90 valence electrons. The molecule has 0 unspecified atom stereocenters. The first kappa shape index (κ1) is 12.1. The molecule has 0 spiro atoms. The molecule has 2 heterocycles. The predicted molar refractivity (Wildman–Crippen MR) is 71.9 cm³/mol. The molecule has 0 atom stereocenters. The summed E-state index contributed by atoms with van der Waals surface area (Å²) < 4.78 is 2.89. The van der Waals surface area contributed by atoms with Crippen molar-refractivity contribution in [1.29, 1.82) is 0 Å². The maximum atomic E-state index is 4.39. The molecular formula is C12H15BrN4. The minimum atomic E-state index is 0.750. The number of aromatic nitrogens is 3. The number of rotatable bonds is 3. The van der Waals surface area contributed by atoms with Crippen molar-refractivity contribution in [3.63, 3.8) is 0 Å². The summed E-state index contributed by atoms with van der Waals surface area (Å²) in [5, 5.41) is 7.68. The normalized spacial score (nSPS) is 10.6. The van der Waals surface area contributed by atoms with Gasteiger partial charge in [0.2, 0.25) is 0 Å². The Kier molecular flexibility index (Phi) is 3.47. The van der Waals surface area contributed by atoms with Gasteiger partial charge in [0.25, 0.3) is 0 Å². The van der Waals surface area contributed by atoms with Gasteiger partial charge in [0.1, 0.15) is 5.82 Å². The Labute approximate surface area is 109 Å². The van der Waals surface area contributed by atoms with Gasteiger partial charge in [0.05, 0.1) is 5.69 Å². The van der Waals surface area contributed by atoms with Crippen molar-refractivity contribution >= 4 is 21.7 Å². The zero-order valence-electron chi connectivity index (χ0n) is 10.2. The van der Waals surface area contributed by atoms with Crippen LogP contribution >= 0.6 is 15.9 Å². The number of aryl methyl sites for hydroxylation is 2. The highest BCUT2D eigenvalue weighted by Gasteiger charge is 2.08. The molecule has 0 radical (unpaired) electrons. The van der Waals surface area contributed by atoms with E-state index in [9.17, 15) is 0 Å². The molecule has 4 nitrogen and oxygen atoms in total. The van der Waals surface area contributed by atoms with Gasteiger partial charge in [-0.1, -0.05) is 0 Å². The van der Waals surface area contributed by atoms with Gasteiger partial charge in [0.15, 0.2) is 0 Å². The fourth-order valence-corrected chi connectivity index (χ4v) is 1.97. The standard InChI is InChI=1S/C12H15BrN4/c1-8-11(9(2)17(3)16-8)7-15-12-5-4-10(13)6-14-12/h4-6H,7H2,1-3H3,(H,14,15). The third-order valence-electron chi connectivity index (χ3n) is 2.83. The van der Waals surface area contributed by atoms with Gasteiger partial charge < -0.3 is 5.32 Å². The van der Waals surface area contributed by atoms with Crippen LogP contribution in [0, 0.1) is 13.8 Å². The van der Waals surface area contributed by atoms with Crippen molar-refractivity contribution < 1.29 is 0 Å². The minimum absolute atomic E-state index is 0.750. The molecule has 0 fully saturated rings. The van der Waals surface area contributed by atoms with Gasteiger partial charge >= 0.3 is 0 Å². The molecule has 5 heteroatoms. The first-order chi connectivity index (χ1) is 8.08. The summed E-state index contributed by atoms with van der Waals surface area (Å²) in [7, 11) is 1.96. The lowest BCUT2D eigenvalue weighted by Crippen LogP contribution is -2.03. The monoisotopic (exact) mass is 294 g/mol. The number of nitrogens with zero attached hydrogens (tertiary/aromatic N) is 3. The van der Waals surface area contributed by atoms with Crippen LogP contribution in [0.25, 0.3) is 0 Å². The van der Waals surface area contributed by atoms with Gasteiger partial charge in [0, 0.05) is 35.5 Å². The predicted octanol–water partition coefficient (Wildman–Crippen LogP) is 2.81. The lowest BCUT2D eigenvalue weighted by atomic mass is 10.2. The molecule has 1 N–H and O–H groups in total. The molecule has 0 saturated heterocycles. The second-order valence-corrected chi connectivity index (χ2v) is 4.90. The van der Waals surface area contributed by atoms with Crippen molar-refractivity contribution in [2.24, 2.45) is 7.05 Å². The van der Waals surface area contributed by atoms with E-state index < -0.39 is 0 Å². The lowest BCUT2D eigenvalue weighted by molar-refractivity contribution is 0.730. The van der Waals surface area contributed by atoms with E-state index in [1.807, 2.05) is 30.8 Å². The number of nitrogens with one attached hydrogen (secondary N) is 1. The number of hydrogen-bond donors (Lipinski definition) is 1. The maximum Gasteiger partial charge on any atom is 0.126 e. The molecule has 2 aromatic heterocycles. The second kappa shape index (κ2) is 4.87. The fourth-order valence-electron chi connectivity index (χ4n) is 1.73. The molecule has 0 saturated carbocycles. The molecule has 0 amide bonds. The smallest absolute Gasteiger partial charge is 0.126 e. The van der Waals surface area contributed by atoms with Crippen LogP contribution in [0.15, 0.2) is 22.8 Å². The highest BCUT2D eigenvalue weighted by Crippen LogP contribution is 2.15. The number of pyridine rings is 1. The Bertz CT molecular complexity index is 516. The molecule has 0 bridgehead atoms. The summed E-state index contributed by atoms with van der Waals surface area (Å²) in [6.07, 6.45) is 1.78. The van der Waals surface area contributed by atoms with E-state index in [1.165, 1.54) is 11.3 Å². The van der Waals surface area contributed by atoms with Gasteiger partial charge in [-0.05, 0) is 41.9 Å². The van der Waals surface area contributed by atoms with Gasteiger partial charge in [-0.2, -0.15) is 5.10 Å². The third-order valence-corrected chi connectivity index (χ3v) is 3.30. The quantitative estimate of drug-likeness (QED) is 0.947. The highest BCUT2D eigenvalue weighted by atomic mass is 79.9. The largest absolute Gasteiger partial charge is 0.366 e. The van der Waals surface area contributed by atoms with Gasteiger partial charge in [-0.3, -0.25) is 4.68 Å². The van der Waals surface area contributed by atoms with Crippen molar-refractivity contribution in [3.05, 3.63) is 39.8 Å². The van der Waals surface area contributed by atoms with Crippen LogP contribution in [0.4, 0.5) is 5.82 Å². The number of hydrogen-bond acceptors (Lipinski definition) is 3. The van der Waals surface area contributed by atoms with Crippen molar-refractivity contribution in [3.8, 4) is 0 Å². The molecule has 0 aliphatic heterocycles. The van der Waals surface area contributed by atoms with Crippen LogP contribution in [0.3, 0.4) is 0 Å². The van der Waals surface area contributed by atoms with E-state index in [-0.39, 0.29) is 0 Å². The first-order valence-corrected chi connectivity index (χ1v) is 6.21. The average Bonchev–Trinajstić information content (AvgIpc) is 2.54. The van der Waals surface area contributed by atoms with Crippen molar-refractivity contribution in [1.82, 2.24) is 14.8 Å². The zero-order chi connectivity index (χ0) is 12.4. The molecular weight excluding hydrogens is 280 g/mol. The average molecular weight is 295 g/mol. The summed E-state index contributed by atoms with van der Waals surface area (Å²) in [5.74, 6) is 0.871. The number of halogens is 1. The Hall–Kier alpha value is -1.36. The van der Waals surface area contributed by atoms with E-state index in [4.69, 9.17) is 0 Å². The Morgan fingerprint density at radius 2 is 2.12 bits per heavy atom. The zero-order valence-corrected chi connectivity index (χ0v) is 11.7. The van der Waals surface area contributed by atoms with E-state index in [0.717, 1.165) is 22.5 Å². The second-order valence-electron chi connectivity index (χ2n) is 3.99. The number of anilines is 1. The van der Waals surface area contributed by atoms with E-state index >= 15 is 0 Å². The van der Waals surface area contributed by atoms with Crippen LogP contribution in [0.5, 0.6) is 0 Å². The Balaban J connectivity index is 2.09. The summed E-state index contributed by atoms with van der Waals surface area (Å²) >= 11 is 3.36. The Morgan fingerprint density at radius 3 is 2.65 bits per heavy atom. The van der Waals surface area contributed by atoms with Crippen LogP contribution in [-0.2, 0) is 13.6 Å². The maximum absolute atomic E-state index is 4.39. The Morgan fingerprint density at radius 1 is 1.35 bits per heavy atom. The fraction of sp³-hybridized carbons (Fsp3) is 0.333. The lowest BCUT2D eigenvalue weighted by Gasteiger charge is -2.06. The van der Waals surface area contributed by atoms with Crippen LogP contribution in [0.1, 0.15) is 17.0 Å². The van der Waals surface area contributed by atoms with Gasteiger partial charge in [-0.25, -0.2) is 4.98 Å². The van der Waals surface area contributed by atoms with E-state index in [0.29, 0.717) is 0 Å². The molecule has 2 aromatic rings. The van der Waals surface area contributed by atoms with Crippen molar-refractivity contribution in [2.75, 3.05) is 5.32 Å². The van der Waals surface area contributed by atoms with E-state index in [1.54, 1.807) is 6.20 Å². The highest BCUT2D eigenvalue weighted by molar-refractivity contribution is 9.10. The summed E-state index contributed by atoms with van der Waals surface area (Å²) in [6.45, 7) is 4.85. The molecule has 2 rings (SSSR count). The first-order valence-electron chi connectivity index (χ1n) is 5.42.